The van der Waals surface area contributed by atoms with Crippen molar-refractivity contribution in [1.29, 1.82) is 0 Å². The Morgan fingerprint density at radius 1 is 1.33 bits per heavy atom. The minimum Gasteiger partial charge on any atom is -0.362 e. The molecule has 0 radical (unpaired) electrons. The molecule has 1 aliphatic heterocycles. The number of carbonyl (C=O) groups is 1. The summed E-state index contributed by atoms with van der Waals surface area (Å²) in [5.41, 5.74) is 0.764. The Balaban J connectivity index is 1.70. The number of hydrogen-bond donors (Lipinski definition) is 2. The maximum absolute atomic E-state index is 12.8. The van der Waals surface area contributed by atoms with Crippen LogP contribution in [0.3, 0.4) is 0 Å². The van der Waals surface area contributed by atoms with Gasteiger partial charge >= 0.3 is 0 Å². The second kappa shape index (κ2) is 7.36. The van der Waals surface area contributed by atoms with Crippen LogP contribution in [0.25, 0.3) is 0 Å². The first kappa shape index (κ1) is 15.7. The van der Waals surface area contributed by atoms with Gasteiger partial charge in [-0.2, -0.15) is 0 Å². The number of anilines is 1. The van der Waals surface area contributed by atoms with E-state index in [1.807, 2.05) is 4.90 Å². The molecule has 2 N–H and O–H groups in total. The largest absolute Gasteiger partial charge is 0.362 e. The van der Waals surface area contributed by atoms with Gasteiger partial charge in [-0.25, -0.2) is 4.39 Å². The first-order chi connectivity index (χ1) is 10.0. The molecule has 1 aromatic carbocycles. The monoisotopic (exact) mass is 309 g/mol. The molecular formula is C15H20FN3OS. The van der Waals surface area contributed by atoms with Gasteiger partial charge in [0.05, 0.1) is 0 Å². The Morgan fingerprint density at radius 3 is 2.52 bits per heavy atom. The van der Waals surface area contributed by atoms with Gasteiger partial charge in [-0.15, -0.1) is 0 Å². The predicted octanol–water partition coefficient (Wildman–Crippen LogP) is 2.37. The van der Waals surface area contributed by atoms with Gasteiger partial charge in [0.2, 0.25) is 5.91 Å². The lowest BCUT2D eigenvalue weighted by Gasteiger charge is -2.31. The number of hydrogen-bond acceptors (Lipinski definition) is 2. The zero-order chi connectivity index (χ0) is 15.2. The second-order valence-electron chi connectivity index (χ2n) is 5.29. The Hall–Kier alpha value is -1.69. The molecule has 1 fully saturated rings. The lowest BCUT2D eigenvalue weighted by Crippen LogP contribution is -2.41. The zero-order valence-corrected chi connectivity index (χ0v) is 12.9. The third kappa shape index (κ3) is 4.97. The van der Waals surface area contributed by atoms with Crippen LogP contribution in [0.1, 0.15) is 19.8 Å². The molecule has 1 aromatic rings. The molecule has 1 heterocycles. The summed E-state index contributed by atoms with van der Waals surface area (Å²) in [7, 11) is 0. The van der Waals surface area contributed by atoms with E-state index in [1.165, 1.54) is 12.1 Å². The maximum atomic E-state index is 12.8. The van der Waals surface area contributed by atoms with Crippen LogP contribution in [0.4, 0.5) is 10.1 Å². The minimum absolute atomic E-state index is 0.148. The van der Waals surface area contributed by atoms with E-state index in [1.54, 1.807) is 19.1 Å². The van der Waals surface area contributed by atoms with Crippen molar-refractivity contribution in [3.8, 4) is 0 Å². The lowest BCUT2D eigenvalue weighted by atomic mass is 9.97. The Bertz CT molecular complexity index is 498. The highest BCUT2D eigenvalue weighted by Gasteiger charge is 2.20. The summed E-state index contributed by atoms with van der Waals surface area (Å²) in [6, 6.07) is 6.08. The number of likely N-dealkylation sites (tertiary alicyclic amines) is 1. The molecule has 114 valence electrons. The summed E-state index contributed by atoms with van der Waals surface area (Å²) in [5.74, 6) is 0.403. The topological polar surface area (TPSA) is 44.4 Å². The van der Waals surface area contributed by atoms with Gasteiger partial charge in [0, 0.05) is 32.2 Å². The molecule has 2 rings (SSSR count). The molecule has 6 heteroatoms. The van der Waals surface area contributed by atoms with Crippen LogP contribution >= 0.6 is 12.2 Å². The fourth-order valence-electron chi connectivity index (χ4n) is 2.40. The first-order valence-electron chi connectivity index (χ1n) is 7.10. The van der Waals surface area contributed by atoms with Crippen molar-refractivity contribution in [3.63, 3.8) is 0 Å². The molecule has 4 nitrogen and oxygen atoms in total. The third-order valence-electron chi connectivity index (χ3n) is 3.71. The van der Waals surface area contributed by atoms with E-state index >= 15 is 0 Å². The molecule has 1 amide bonds. The van der Waals surface area contributed by atoms with Gasteiger partial charge in [0.1, 0.15) is 5.82 Å². The highest BCUT2D eigenvalue weighted by atomic mass is 32.1. The van der Waals surface area contributed by atoms with Crippen LogP contribution in [0, 0.1) is 11.7 Å². The maximum Gasteiger partial charge on any atom is 0.219 e. The zero-order valence-electron chi connectivity index (χ0n) is 12.1. The number of rotatable bonds is 3. The number of halogens is 1. The number of benzene rings is 1. The van der Waals surface area contributed by atoms with Crippen LogP contribution in [0.2, 0.25) is 0 Å². The van der Waals surface area contributed by atoms with Gasteiger partial charge in [-0.05, 0) is 55.2 Å². The van der Waals surface area contributed by atoms with Crippen molar-refractivity contribution in [1.82, 2.24) is 10.2 Å². The molecule has 0 spiro atoms. The summed E-state index contributed by atoms with van der Waals surface area (Å²) < 4.78 is 12.8. The predicted molar refractivity (Wildman–Crippen MR) is 85.6 cm³/mol. The van der Waals surface area contributed by atoms with Gasteiger partial charge in [0.15, 0.2) is 5.11 Å². The number of amides is 1. The van der Waals surface area contributed by atoms with Gasteiger partial charge in [-0.1, -0.05) is 0 Å². The van der Waals surface area contributed by atoms with Crippen molar-refractivity contribution >= 4 is 28.9 Å². The lowest BCUT2D eigenvalue weighted by molar-refractivity contribution is -0.130. The van der Waals surface area contributed by atoms with E-state index in [9.17, 15) is 9.18 Å². The molecule has 0 atom stereocenters. The van der Waals surface area contributed by atoms with Crippen LogP contribution in [-0.4, -0.2) is 35.6 Å². The van der Waals surface area contributed by atoms with E-state index in [0.29, 0.717) is 11.0 Å². The van der Waals surface area contributed by atoms with Crippen LogP contribution in [0.5, 0.6) is 0 Å². The Labute approximate surface area is 129 Å². The summed E-state index contributed by atoms with van der Waals surface area (Å²) in [6.07, 6.45) is 1.98. The van der Waals surface area contributed by atoms with Crippen molar-refractivity contribution in [3.05, 3.63) is 30.1 Å². The summed E-state index contributed by atoms with van der Waals surface area (Å²) in [5, 5.41) is 6.75. The molecule has 1 saturated heterocycles. The minimum atomic E-state index is -0.267. The van der Waals surface area contributed by atoms with Gasteiger partial charge in [-0.3, -0.25) is 4.79 Å². The second-order valence-corrected chi connectivity index (χ2v) is 5.70. The highest BCUT2D eigenvalue weighted by molar-refractivity contribution is 7.80. The van der Waals surface area contributed by atoms with Gasteiger partial charge in [0.25, 0.3) is 0 Å². The molecular weight excluding hydrogens is 289 g/mol. The summed E-state index contributed by atoms with van der Waals surface area (Å²) in [4.78, 5) is 13.1. The molecule has 1 aliphatic rings. The van der Waals surface area contributed by atoms with E-state index in [-0.39, 0.29) is 11.7 Å². The van der Waals surface area contributed by atoms with E-state index in [2.05, 4.69) is 10.6 Å². The van der Waals surface area contributed by atoms with Crippen molar-refractivity contribution in [2.75, 3.05) is 25.0 Å². The standard InChI is InChI=1S/C15H20FN3OS/c1-11(20)19-8-6-12(7-9-19)10-17-15(21)18-14-4-2-13(16)3-5-14/h2-5,12H,6-10H2,1H3,(H2,17,18,21). The molecule has 0 bridgehead atoms. The van der Waals surface area contributed by atoms with Crippen molar-refractivity contribution < 1.29 is 9.18 Å². The van der Waals surface area contributed by atoms with Crippen LogP contribution in [-0.2, 0) is 4.79 Å². The van der Waals surface area contributed by atoms with Crippen LogP contribution < -0.4 is 10.6 Å². The number of nitrogens with zero attached hydrogens (tertiary/aromatic N) is 1. The number of thiocarbonyl (C=S) groups is 1. The number of nitrogens with one attached hydrogen (secondary N) is 2. The molecule has 0 unspecified atom stereocenters. The van der Waals surface area contributed by atoms with E-state index in [0.717, 1.165) is 38.2 Å². The molecule has 0 aliphatic carbocycles. The molecule has 0 saturated carbocycles. The smallest absolute Gasteiger partial charge is 0.219 e. The SMILES string of the molecule is CC(=O)N1CCC(CNC(=S)Nc2ccc(F)cc2)CC1. The van der Waals surface area contributed by atoms with Crippen LogP contribution in [0.15, 0.2) is 24.3 Å². The summed E-state index contributed by atoms with van der Waals surface area (Å²) in [6.45, 7) is 4.04. The number of carbonyl (C=O) groups excluding carboxylic acids is 1. The Kier molecular flexibility index (Phi) is 5.50. The van der Waals surface area contributed by atoms with Gasteiger partial charge < -0.3 is 15.5 Å². The quantitative estimate of drug-likeness (QED) is 0.842. The van der Waals surface area contributed by atoms with Crippen molar-refractivity contribution in [2.24, 2.45) is 5.92 Å². The van der Waals surface area contributed by atoms with Crippen molar-refractivity contribution in [2.45, 2.75) is 19.8 Å². The molecule has 21 heavy (non-hydrogen) atoms. The van der Waals surface area contributed by atoms with E-state index in [4.69, 9.17) is 12.2 Å². The average molecular weight is 309 g/mol. The number of piperidine rings is 1. The van der Waals surface area contributed by atoms with E-state index < -0.39 is 0 Å². The highest BCUT2D eigenvalue weighted by Crippen LogP contribution is 2.16. The Morgan fingerprint density at radius 2 is 1.95 bits per heavy atom. The summed E-state index contributed by atoms with van der Waals surface area (Å²) >= 11 is 5.22. The fourth-order valence-corrected chi connectivity index (χ4v) is 2.60. The average Bonchev–Trinajstić information content (AvgIpc) is 2.48. The first-order valence-corrected chi connectivity index (χ1v) is 7.51. The molecule has 0 aromatic heterocycles. The third-order valence-corrected chi connectivity index (χ3v) is 3.96. The fraction of sp³-hybridized carbons (Fsp3) is 0.467. The normalized spacial score (nSPS) is 15.6.